The molecule has 22 heavy (non-hydrogen) atoms. The van der Waals surface area contributed by atoms with Crippen LogP contribution in [0.25, 0.3) is 11.0 Å². The van der Waals surface area contributed by atoms with Gasteiger partial charge < -0.3 is 9.64 Å². The van der Waals surface area contributed by atoms with E-state index in [0.29, 0.717) is 5.41 Å². The highest BCUT2D eigenvalue weighted by Crippen LogP contribution is 2.41. The Hall–Kier alpha value is -1.75. The van der Waals surface area contributed by atoms with Gasteiger partial charge in [0.15, 0.2) is 5.82 Å². The van der Waals surface area contributed by atoms with Crippen LogP contribution in [0.1, 0.15) is 31.4 Å². The maximum atomic E-state index is 5.54. The average molecular weight is 298 g/mol. The van der Waals surface area contributed by atoms with Crippen LogP contribution < -0.4 is 4.90 Å². The monoisotopic (exact) mass is 298 g/mol. The molecule has 2 fully saturated rings. The van der Waals surface area contributed by atoms with Crippen LogP contribution in [0.5, 0.6) is 0 Å². The number of rotatable bonds is 1. The molecule has 4 rings (SSSR count). The topological polar surface area (TPSA) is 51.1 Å². The molecule has 0 amide bonds. The molecule has 0 bridgehead atoms. The van der Waals surface area contributed by atoms with Gasteiger partial charge in [0.1, 0.15) is 11.8 Å². The lowest BCUT2D eigenvalue weighted by molar-refractivity contribution is 0.00208. The Morgan fingerprint density at radius 3 is 2.59 bits per heavy atom. The number of ether oxygens (including phenoxy) is 1. The van der Waals surface area contributed by atoms with Crippen molar-refractivity contribution < 1.29 is 4.74 Å². The van der Waals surface area contributed by atoms with Gasteiger partial charge in [0.05, 0.1) is 5.52 Å². The van der Waals surface area contributed by atoms with Crippen LogP contribution in [0.15, 0.2) is 18.5 Å². The molecular weight excluding hydrogens is 276 g/mol. The lowest BCUT2D eigenvalue weighted by Crippen LogP contribution is -2.43. The Labute approximate surface area is 130 Å². The quantitative estimate of drug-likeness (QED) is 0.810. The summed E-state index contributed by atoms with van der Waals surface area (Å²) >= 11 is 0. The van der Waals surface area contributed by atoms with E-state index in [2.05, 4.69) is 19.9 Å². The molecule has 0 N–H and O–H groups in total. The van der Waals surface area contributed by atoms with Gasteiger partial charge in [-0.15, -0.1) is 0 Å². The molecule has 4 heterocycles. The number of anilines is 1. The first-order chi connectivity index (χ1) is 10.8. The Kier molecular flexibility index (Phi) is 3.45. The predicted molar refractivity (Wildman–Crippen MR) is 86.0 cm³/mol. The van der Waals surface area contributed by atoms with Crippen LogP contribution in [0.3, 0.4) is 0 Å². The zero-order chi connectivity index (χ0) is 15.0. The normalized spacial score (nSPS) is 21.4. The summed E-state index contributed by atoms with van der Waals surface area (Å²) in [7, 11) is 0. The van der Waals surface area contributed by atoms with E-state index in [0.717, 1.165) is 48.8 Å². The number of pyridine rings is 1. The molecule has 0 aliphatic carbocycles. The largest absolute Gasteiger partial charge is 0.381 e. The number of nitrogens with zero attached hydrogens (tertiary/aromatic N) is 4. The van der Waals surface area contributed by atoms with Crippen molar-refractivity contribution >= 4 is 16.9 Å². The summed E-state index contributed by atoms with van der Waals surface area (Å²) in [5.74, 6) is 0.996. The van der Waals surface area contributed by atoms with Crippen molar-refractivity contribution in [1.82, 2.24) is 15.0 Å². The first-order valence-electron chi connectivity index (χ1n) is 8.17. The molecule has 0 saturated carbocycles. The summed E-state index contributed by atoms with van der Waals surface area (Å²) in [4.78, 5) is 15.9. The van der Waals surface area contributed by atoms with Crippen LogP contribution in [0.4, 0.5) is 5.82 Å². The van der Waals surface area contributed by atoms with Crippen molar-refractivity contribution in [2.24, 2.45) is 5.41 Å². The zero-order valence-corrected chi connectivity index (χ0v) is 13.1. The van der Waals surface area contributed by atoms with E-state index < -0.39 is 0 Å². The Morgan fingerprint density at radius 1 is 1.05 bits per heavy atom. The number of fused-ring (bicyclic) bond motifs is 1. The number of aryl methyl sites for hydroxylation is 1. The third-order valence-electron chi connectivity index (χ3n) is 5.28. The molecule has 2 aromatic heterocycles. The number of hydrogen-bond donors (Lipinski definition) is 0. The molecule has 5 heteroatoms. The van der Waals surface area contributed by atoms with Crippen LogP contribution >= 0.6 is 0 Å². The molecule has 0 aromatic carbocycles. The number of aromatic nitrogens is 3. The average Bonchev–Trinajstić information content (AvgIpc) is 2.56. The summed E-state index contributed by atoms with van der Waals surface area (Å²) in [6, 6.07) is 4.04. The highest BCUT2D eigenvalue weighted by Gasteiger charge is 2.36. The van der Waals surface area contributed by atoms with Crippen LogP contribution in [0.2, 0.25) is 0 Å². The van der Waals surface area contributed by atoms with Gasteiger partial charge in [0.2, 0.25) is 0 Å². The zero-order valence-electron chi connectivity index (χ0n) is 13.1. The molecular formula is C17H22N4O. The summed E-state index contributed by atoms with van der Waals surface area (Å²) in [6.07, 6.45) is 6.54. The fraction of sp³-hybridized carbons (Fsp3) is 0.588. The summed E-state index contributed by atoms with van der Waals surface area (Å²) in [5, 5.41) is 0. The minimum absolute atomic E-state index is 0.501. The van der Waals surface area contributed by atoms with Gasteiger partial charge in [0.25, 0.3) is 0 Å². The second-order valence-electron chi connectivity index (χ2n) is 6.62. The summed E-state index contributed by atoms with van der Waals surface area (Å²) in [5.41, 5.74) is 3.38. The summed E-state index contributed by atoms with van der Waals surface area (Å²) < 4.78 is 5.54. The van der Waals surface area contributed by atoms with Crippen molar-refractivity contribution in [3.63, 3.8) is 0 Å². The molecule has 2 aliphatic heterocycles. The van der Waals surface area contributed by atoms with E-state index in [9.17, 15) is 0 Å². The highest BCUT2D eigenvalue weighted by atomic mass is 16.5. The third kappa shape index (κ3) is 2.43. The van der Waals surface area contributed by atoms with Gasteiger partial charge in [-0.1, -0.05) is 0 Å². The second kappa shape index (κ2) is 5.47. The molecule has 1 spiro atoms. The van der Waals surface area contributed by atoms with Gasteiger partial charge in [-0.25, -0.2) is 15.0 Å². The smallest absolute Gasteiger partial charge is 0.158 e. The van der Waals surface area contributed by atoms with Crippen molar-refractivity contribution in [3.05, 3.63) is 24.2 Å². The van der Waals surface area contributed by atoms with Crippen LogP contribution in [-0.2, 0) is 4.74 Å². The van der Waals surface area contributed by atoms with Crippen LogP contribution in [0, 0.1) is 12.3 Å². The predicted octanol–water partition coefficient (Wildman–Crippen LogP) is 2.73. The molecule has 2 aliphatic rings. The summed E-state index contributed by atoms with van der Waals surface area (Å²) in [6.45, 7) is 5.99. The third-order valence-corrected chi connectivity index (χ3v) is 5.28. The van der Waals surface area contributed by atoms with E-state index >= 15 is 0 Å². The second-order valence-corrected chi connectivity index (χ2v) is 6.62. The maximum Gasteiger partial charge on any atom is 0.158 e. The highest BCUT2D eigenvalue weighted by molar-refractivity contribution is 5.85. The first kappa shape index (κ1) is 13.9. The fourth-order valence-corrected chi connectivity index (χ4v) is 3.75. The van der Waals surface area contributed by atoms with E-state index in [4.69, 9.17) is 4.74 Å². The number of piperidine rings is 1. The fourth-order valence-electron chi connectivity index (χ4n) is 3.75. The van der Waals surface area contributed by atoms with Crippen molar-refractivity contribution in [1.29, 1.82) is 0 Å². The van der Waals surface area contributed by atoms with Crippen molar-refractivity contribution in [2.45, 2.75) is 32.6 Å². The minimum Gasteiger partial charge on any atom is -0.381 e. The Morgan fingerprint density at radius 2 is 1.82 bits per heavy atom. The molecule has 2 saturated heterocycles. The SMILES string of the molecule is Cc1ccc2ncnc(N3CCC4(CCOCC4)CC3)c2n1. The minimum atomic E-state index is 0.501. The van der Waals surface area contributed by atoms with E-state index in [1.807, 2.05) is 19.1 Å². The van der Waals surface area contributed by atoms with Crippen molar-refractivity contribution in [2.75, 3.05) is 31.2 Å². The molecule has 0 unspecified atom stereocenters. The van der Waals surface area contributed by atoms with Crippen molar-refractivity contribution in [3.8, 4) is 0 Å². The maximum absolute atomic E-state index is 5.54. The number of hydrogen-bond acceptors (Lipinski definition) is 5. The Balaban J connectivity index is 1.60. The Bertz CT molecular complexity index is 671. The molecule has 0 atom stereocenters. The van der Waals surface area contributed by atoms with Crippen LogP contribution in [-0.4, -0.2) is 41.3 Å². The van der Waals surface area contributed by atoms with E-state index in [1.165, 1.54) is 25.7 Å². The van der Waals surface area contributed by atoms with Gasteiger partial charge >= 0.3 is 0 Å². The molecule has 0 radical (unpaired) electrons. The lowest BCUT2D eigenvalue weighted by Gasteiger charge is -2.44. The lowest BCUT2D eigenvalue weighted by atomic mass is 9.72. The van der Waals surface area contributed by atoms with E-state index in [-0.39, 0.29) is 0 Å². The van der Waals surface area contributed by atoms with Gasteiger partial charge in [-0.3, -0.25) is 0 Å². The van der Waals surface area contributed by atoms with Gasteiger partial charge in [-0.05, 0) is 50.2 Å². The first-order valence-corrected chi connectivity index (χ1v) is 8.17. The molecule has 5 nitrogen and oxygen atoms in total. The van der Waals surface area contributed by atoms with Gasteiger partial charge in [-0.2, -0.15) is 0 Å². The van der Waals surface area contributed by atoms with E-state index in [1.54, 1.807) is 6.33 Å². The molecule has 2 aromatic rings. The van der Waals surface area contributed by atoms with Gasteiger partial charge in [0, 0.05) is 32.0 Å². The molecule has 116 valence electrons. The standard InChI is InChI=1S/C17H22N4O/c1-13-2-3-14-15(20-13)16(19-12-18-14)21-8-4-17(5-9-21)6-10-22-11-7-17/h2-3,12H,4-11H2,1H3.